The van der Waals surface area contributed by atoms with Gasteiger partial charge in [-0.3, -0.25) is 19.0 Å². The second-order valence-electron chi connectivity index (χ2n) is 6.10. The Morgan fingerprint density at radius 2 is 1.64 bits per heavy atom. The molecule has 0 atom stereocenters. The first kappa shape index (κ1) is 16.7. The number of carbonyl (C=O) groups excluding carboxylic acids is 2. The number of fused-ring (bicyclic) bond motifs is 1. The number of hydrogen-bond donors (Lipinski definition) is 0. The van der Waals surface area contributed by atoms with E-state index in [2.05, 4.69) is 15.3 Å². The van der Waals surface area contributed by atoms with Crippen molar-refractivity contribution in [2.45, 2.75) is 33.7 Å². The summed E-state index contributed by atoms with van der Waals surface area (Å²) >= 11 is 0. The van der Waals surface area contributed by atoms with Crippen LogP contribution < -0.4 is 5.56 Å². The number of hydrogen-bond acceptors (Lipinski definition) is 6. The van der Waals surface area contributed by atoms with Gasteiger partial charge in [0.25, 0.3) is 5.56 Å². The van der Waals surface area contributed by atoms with Crippen molar-refractivity contribution in [3.8, 4) is 5.69 Å². The number of aryl methyl sites for hydroxylation is 2. The number of Topliss-reactive ketones (excluding diaryl/α,β-unsaturated/α-hetero) is 2. The highest BCUT2D eigenvalue weighted by molar-refractivity contribution is 6.02. The monoisotopic (exact) mass is 339 g/mol. The molecule has 25 heavy (non-hydrogen) atoms. The van der Waals surface area contributed by atoms with Gasteiger partial charge in [0.2, 0.25) is 0 Å². The van der Waals surface area contributed by atoms with Crippen LogP contribution in [0.25, 0.3) is 16.9 Å². The molecule has 0 N–H and O–H groups in total. The third kappa shape index (κ3) is 2.86. The zero-order valence-electron chi connectivity index (χ0n) is 14.3. The fourth-order valence-corrected chi connectivity index (χ4v) is 2.93. The van der Waals surface area contributed by atoms with Crippen molar-refractivity contribution >= 4 is 22.7 Å². The standard InChI is InChI=1S/C17H17N5O3/c1-9-5-10(2)7-13(6-9)22-16-14(19-20-22)17(25)21(8-18-16)15(11(3)23)12(4)24/h5-8,15H,1-4H3. The molecule has 1 aromatic carbocycles. The summed E-state index contributed by atoms with van der Waals surface area (Å²) in [5, 5.41) is 7.93. The second-order valence-corrected chi connectivity index (χ2v) is 6.10. The number of nitrogens with zero attached hydrogens (tertiary/aromatic N) is 5. The summed E-state index contributed by atoms with van der Waals surface area (Å²) in [6.45, 7) is 6.44. The summed E-state index contributed by atoms with van der Waals surface area (Å²) in [5.41, 5.74) is 2.53. The highest BCUT2D eigenvalue weighted by Crippen LogP contribution is 2.16. The molecule has 0 aliphatic rings. The Bertz CT molecular complexity index is 1030. The van der Waals surface area contributed by atoms with Crippen molar-refractivity contribution in [3.05, 3.63) is 46.0 Å². The van der Waals surface area contributed by atoms with Crippen LogP contribution in [0.3, 0.4) is 0 Å². The maximum absolute atomic E-state index is 12.7. The van der Waals surface area contributed by atoms with E-state index in [1.54, 1.807) is 0 Å². The summed E-state index contributed by atoms with van der Waals surface area (Å²) in [5.74, 6) is -0.866. The minimum Gasteiger partial charge on any atom is -0.297 e. The predicted molar refractivity (Wildman–Crippen MR) is 90.8 cm³/mol. The van der Waals surface area contributed by atoms with Crippen molar-refractivity contribution in [1.82, 2.24) is 24.5 Å². The SMILES string of the molecule is CC(=O)C(C(C)=O)n1cnc2c(nnn2-c2cc(C)cc(C)c2)c1=O. The van der Waals surface area contributed by atoms with Crippen molar-refractivity contribution in [2.75, 3.05) is 0 Å². The molecule has 3 rings (SSSR count). The maximum Gasteiger partial charge on any atom is 0.284 e. The third-order valence-electron chi connectivity index (χ3n) is 3.89. The molecule has 0 amide bonds. The van der Waals surface area contributed by atoms with E-state index in [1.807, 2.05) is 32.0 Å². The van der Waals surface area contributed by atoms with Crippen LogP contribution in [-0.2, 0) is 9.59 Å². The van der Waals surface area contributed by atoms with E-state index in [1.165, 1.54) is 24.9 Å². The van der Waals surface area contributed by atoms with Gasteiger partial charge in [0.15, 0.2) is 28.8 Å². The zero-order chi connectivity index (χ0) is 18.3. The van der Waals surface area contributed by atoms with Gasteiger partial charge in [-0.2, -0.15) is 4.68 Å². The smallest absolute Gasteiger partial charge is 0.284 e. The van der Waals surface area contributed by atoms with Crippen LogP contribution in [0.1, 0.15) is 31.0 Å². The minimum absolute atomic E-state index is 0.00848. The number of ketones is 2. The summed E-state index contributed by atoms with van der Waals surface area (Å²) < 4.78 is 2.48. The van der Waals surface area contributed by atoms with Gasteiger partial charge in [0.1, 0.15) is 6.33 Å². The van der Waals surface area contributed by atoms with E-state index in [0.29, 0.717) is 0 Å². The molecule has 0 radical (unpaired) electrons. The number of benzene rings is 1. The largest absolute Gasteiger partial charge is 0.297 e. The Hall–Kier alpha value is -3.16. The molecule has 2 aromatic heterocycles. The lowest BCUT2D eigenvalue weighted by atomic mass is 10.1. The average molecular weight is 339 g/mol. The van der Waals surface area contributed by atoms with Crippen molar-refractivity contribution < 1.29 is 9.59 Å². The van der Waals surface area contributed by atoms with E-state index < -0.39 is 23.2 Å². The number of aromatic nitrogens is 5. The van der Waals surface area contributed by atoms with Crippen LogP contribution in [0.15, 0.2) is 29.3 Å². The number of carbonyl (C=O) groups is 2. The minimum atomic E-state index is -1.20. The van der Waals surface area contributed by atoms with E-state index in [9.17, 15) is 14.4 Å². The molecule has 8 nitrogen and oxygen atoms in total. The van der Waals surface area contributed by atoms with Crippen molar-refractivity contribution in [2.24, 2.45) is 0 Å². The fraction of sp³-hybridized carbons (Fsp3) is 0.294. The molecule has 0 aliphatic carbocycles. The lowest BCUT2D eigenvalue weighted by molar-refractivity contribution is -0.129. The summed E-state index contributed by atoms with van der Waals surface area (Å²) in [6, 6.07) is 4.63. The normalized spacial score (nSPS) is 11.2. The quantitative estimate of drug-likeness (QED) is 0.665. The molecule has 0 saturated carbocycles. The van der Waals surface area contributed by atoms with E-state index in [0.717, 1.165) is 21.4 Å². The lowest BCUT2D eigenvalue weighted by Crippen LogP contribution is -2.33. The zero-order valence-corrected chi connectivity index (χ0v) is 14.3. The molecular weight excluding hydrogens is 322 g/mol. The van der Waals surface area contributed by atoms with Crippen molar-refractivity contribution in [1.29, 1.82) is 0 Å². The van der Waals surface area contributed by atoms with Gasteiger partial charge in [-0.05, 0) is 51.0 Å². The van der Waals surface area contributed by atoms with Crippen LogP contribution in [0, 0.1) is 13.8 Å². The Balaban J connectivity index is 2.22. The molecule has 0 unspecified atom stereocenters. The molecule has 8 heteroatoms. The van der Waals surface area contributed by atoms with Crippen LogP contribution >= 0.6 is 0 Å². The molecule has 0 bridgehead atoms. The predicted octanol–water partition coefficient (Wildman–Crippen LogP) is 1.31. The molecule has 128 valence electrons. The topological polar surface area (TPSA) is 99.7 Å². The van der Waals surface area contributed by atoms with E-state index in [4.69, 9.17) is 0 Å². The van der Waals surface area contributed by atoms with Gasteiger partial charge in [-0.1, -0.05) is 11.3 Å². The Labute approximate surface area is 143 Å². The van der Waals surface area contributed by atoms with Gasteiger partial charge in [-0.15, -0.1) is 5.10 Å². The van der Waals surface area contributed by atoms with Gasteiger partial charge in [-0.25, -0.2) is 4.98 Å². The number of rotatable bonds is 4. The first-order valence-corrected chi connectivity index (χ1v) is 7.71. The molecule has 3 aromatic rings. The first-order chi connectivity index (χ1) is 11.8. The molecule has 0 aliphatic heterocycles. The first-order valence-electron chi connectivity index (χ1n) is 7.71. The highest BCUT2D eigenvalue weighted by atomic mass is 16.2. The van der Waals surface area contributed by atoms with Crippen LogP contribution in [0.2, 0.25) is 0 Å². The molecule has 0 fully saturated rings. The Kier molecular flexibility index (Phi) is 4.03. The van der Waals surface area contributed by atoms with Crippen LogP contribution in [0.4, 0.5) is 0 Å². The van der Waals surface area contributed by atoms with Gasteiger partial charge < -0.3 is 0 Å². The van der Waals surface area contributed by atoms with E-state index >= 15 is 0 Å². The summed E-state index contributed by atoms with van der Waals surface area (Å²) in [7, 11) is 0. The second kappa shape index (κ2) is 6.04. The lowest BCUT2D eigenvalue weighted by Gasteiger charge is -2.13. The Morgan fingerprint density at radius 1 is 1.04 bits per heavy atom. The summed E-state index contributed by atoms with van der Waals surface area (Å²) in [4.78, 5) is 40.3. The molecule has 2 heterocycles. The molecule has 0 saturated heterocycles. The average Bonchev–Trinajstić information content (AvgIpc) is 2.93. The maximum atomic E-state index is 12.7. The van der Waals surface area contributed by atoms with Crippen LogP contribution in [-0.4, -0.2) is 36.1 Å². The van der Waals surface area contributed by atoms with Gasteiger partial charge in [0.05, 0.1) is 5.69 Å². The van der Waals surface area contributed by atoms with Gasteiger partial charge in [0, 0.05) is 0 Å². The van der Waals surface area contributed by atoms with Crippen LogP contribution in [0.5, 0.6) is 0 Å². The van der Waals surface area contributed by atoms with Crippen molar-refractivity contribution in [3.63, 3.8) is 0 Å². The molecular formula is C17H17N5O3. The Morgan fingerprint density at radius 3 is 2.20 bits per heavy atom. The summed E-state index contributed by atoms with van der Waals surface area (Å²) in [6.07, 6.45) is 1.20. The van der Waals surface area contributed by atoms with E-state index in [-0.39, 0.29) is 11.2 Å². The third-order valence-corrected chi connectivity index (χ3v) is 3.89. The molecule has 0 spiro atoms. The highest BCUT2D eigenvalue weighted by Gasteiger charge is 2.25. The van der Waals surface area contributed by atoms with Gasteiger partial charge >= 0.3 is 0 Å². The fourth-order valence-electron chi connectivity index (χ4n) is 2.93.